The molecule has 27 heavy (non-hydrogen) atoms. The topological polar surface area (TPSA) is 93.8 Å². The fourth-order valence-electron chi connectivity index (χ4n) is 2.89. The van der Waals surface area contributed by atoms with E-state index in [1.165, 1.54) is 4.57 Å². The molecule has 1 N–H and O–H groups in total. The third-order valence-electron chi connectivity index (χ3n) is 4.50. The number of hydrogen-bond acceptors (Lipinski definition) is 5. The molecule has 2 unspecified atom stereocenters. The van der Waals surface area contributed by atoms with Crippen LogP contribution in [0.3, 0.4) is 0 Å². The molecule has 1 heterocycles. The molecule has 146 valence electrons. The Hall–Kier alpha value is -1.88. The summed E-state index contributed by atoms with van der Waals surface area (Å²) < 4.78 is 16.7. The van der Waals surface area contributed by atoms with E-state index in [4.69, 9.17) is 4.98 Å². The van der Waals surface area contributed by atoms with Crippen molar-refractivity contribution in [3.63, 3.8) is 0 Å². The Labute approximate surface area is 163 Å². The molecule has 0 aliphatic rings. The molecule has 0 bridgehead atoms. The predicted molar refractivity (Wildman–Crippen MR) is 110 cm³/mol. The van der Waals surface area contributed by atoms with Crippen LogP contribution in [-0.4, -0.2) is 18.9 Å². The molecule has 0 spiro atoms. The fraction of sp³-hybridized carbons (Fsp3) is 0.550. The highest BCUT2D eigenvalue weighted by Gasteiger charge is 2.30. The Bertz CT molecular complexity index is 967. The van der Waals surface area contributed by atoms with Crippen molar-refractivity contribution in [2.45, 2.75) is 64.7 Å². The number of hydrogen-bond donors (Lipinski definition) is 1. The normalized spacial score (nSPS) is 14.8. The van der Waals surface area contributed by atoms with Crippen LogP contribution in [0.2, 0.25) is 0 Å². The van der Waals surface area contributed by atoms with E-state index in [0.717, 1.165) is 11.1 Å². The summed E-state index contributed by atoms with van der Waals surface area (Å²) in [6.45, 7) is 13.0. The van der Waals surface area contributed by atoms with Gasteiger partial charge in [-0.3, -0.25) is 9.36 Å². The van der Waals surface area contributed by atoms with Crippen molar-refractivity contribution in [3.05, 3.63) is 39.4 Å². The first kappa shape index (κ1) is 21.4. The van der Waals surface area contributed by atoms with Crippen LogP contribution in [0.1, 0.15) is 64.5 Å². The number of nitrogens with zero attached hydrogens (tertiary/aromatic N) is 3. The molecule has 6 nitrogen and oxygen atoms in total. The molecule has 0 saturated heterocycles. The van der Waals surface area contributed by atoms with Crippen molar-refractivity contribution >= 4 is 22.3 Å². The van der Waals surface area contributed by atoms with E-state index in [1.54, 1.807) is 20.9 Å². The highest BCUT2D eigenvalue weighted by atomic mass is 32.2. The summed E-state index contributed by atoms with van der Waals surface area (Å²) in [6, 6.07) is 5.71. The molecule has 0 radical (unpaired) electrons. The molecule has 2 rings (SSSR count). The first-order valence-corrected chi connectivity index (χ1v) is 10.1. The lowest BCUT2D eigenvalue weighted by molar-refractivity contribution is 0.531. The number of nitriles is 1. The number of aryl methyl sites for hydroxylation is 1. The Balaban J connectivity index is 2.74. The highest BCUT2D eigenvalue weighted by molar-refractivity contribution is 7.90. The number of nitrogens with one attached hydrogen (secondary N) is 1. The maximum absolute atomic E-state index is 13.0. The first-order valence-electron chi connectivity index (χ1n) is 8.90. The summed E-state index contributed by atoms with van der Waals surface area (Å²) in [4.78, 5) is 17.7. The minimum atomic E-state index is -1.26. The summed E-state index contributed by atoms with van der Waals surface area (Å²) >= 11 is -1.26. The predicted octanol–water partition coefficient (Wildman–Crippen LogP) is 3.16. The quantitative estimate of drug-likeness (QED) is 0.812. The van der Waals surface area contributed by atoms with E-state index in [-0.39, 0.29) is 11.6 Å². The monoisotopic (exact) mass is 388 g/mol. The van der Waals surface area contributed by atoms with E-state index in [2.05, 4.69) is 10.8 Å². The second-order valence-corrected chi connectivity index (χ2v) is 10.5. The van der Waals surface area contributed by atoms with Gasteiger partial charge in [0.15, 0.2) is 0 Å². The van der Waals surface area contributed by atoms with Gasteiger partial charge in [0.1, 0.15) is 16.0 Å². The molecule has 7 heteroatoms. The van der Waals surface area contributed by atoms with E-state index < -0.39 is 21.5 Å². The standard InChI is InChI=1S/C20H28N4O2S/c1-12-9-14(13(2)23-27(26)19(3,4)5)16-15(10-12)17(25)24(8)18(22-16)20(6,7)11-21/h9-10,13,23H,1-8H3. The van der Waals surface area contributed by atoms with Gasteiger partial charge in [0.05, 0.1) is 23.0 Å². The van der Waals surface area contributed by atoms with Gasteiger partial charge in [-0.05, 0) is 60.1 Å². The summed E-state index contributed by atoms with van der Waals surface area (Å²) in [5, 5.41) is 10.0. The van der Waals surface area contributed by atoms with Crippen LogP contribution in [-0.2, 0) is 23.8 Å². The number of fused-ring (bicyclic) bond motifs is 1. The van der Waals surface area contributed by atoms with Crippen LogP contribution in [0, 0.1) is 18.3 Å². The van der Waals surface area contributed by atoms with Gasteiger partial charge in [0.25, 0.3) is 5.56 Å². The lowest BCUT2D eigenvalue weighted by Gasteiger charge is -2.27. The van der Waals surface area contributed by atoms with Crippen LogP contribution >= 0.6 is 0 Å². The SMILES string of the molecule is Cc1cc(C(C)N[S+]([O-])C(C)(C)C)c2nc(C(C)(C)C#N)n(C)c(=O)c2c1. The molecule has 0 aliphatic heterocycles. The number of aromatic nitrogens is 2. The van der Waals surface area contributed by atoms with Gasteiger partial charge in [0.2, 0.25) is 0 Å². The van der Waals surface area contributed by atoms with E-state index in [1.807, 2.05) is 46.8 Å². The maximum atomic E-state index is 13.0. The van der Waals surface area contributed by atoms with Gasteiger partial charge >= 0.3 is 0 Å². The third kappa shape index (κ3) is 4.18. The average Bonchev–Trinajstić information content (AvgIpc) is 2.56. The van der Waals surface area contributed by atoms with Crippen molar-refractivity contribution in [3.8, 4) is 6.07 Å². The largest absolute Gasteiger partial charge is 0.598 e. The molecule has 0 amide bonds. The summed E-state index contributed by atoms with van der Waals surface area (Å²) in [5.41, 5.74) is 1.18. The smallest absolute Gasteiger partial charge is 0.261 e. The molecular weight excluding hydrogens is 360 g/mol. The van der Waals surface area contributed by atoms with Crippen LogP contribution in [0.5, 0.6) is 0 Å². The molecule has 1 aromatic carbocycles. The van der Waals surface area contributed by atoms with Crippen molar-refractivity contribution in [2.75, 3.05) is 0 Å². The second-order valence-electron chi connectivity index (χ2n) is 8.51. The maximum Gasteiger partial charge on any atom is 0.261 e. The van der Waals surface area contributed by atoms with Crippen LogP contribution < -0.4 is 10.3 Å². The lowest BCUT2D eigenvalue weighted by Crippen LogP contribution is -2.40. The Morgan fingerprint density at radius 3 is 2.41 bits per heavy atom. The molecule has 0 aliphatic carbocycles. The van der Waals surface area contributed by atoms with Gasteiger partial charge in [-0.15, -0.1) is 4.72 Å². The molecule has 0 saturated carbocycles. The van der Waals surface area contributed by atoms with Crippen molar-refractivity contribution in [1.29, 1.82) is 5.26 Å². The van der Waals surface area contributed by atoms with Crippen molar-refractivity contribution < 1.29 is 4.55 Å². The zero-order valence-electron chi connectivity index (χ0n) is 17.3. The van der Waals surface area contributed by atoms with Gasteiger partial charge < -0.3 is 4.55 Å². The van der Waals surface area contributed by atoms with Crippen LogP contribution in [0.4, 0.5) is 0 Å². The molecule has 1 aromatic heterocycles. The van der Waals surface area contributed by atoms with Gasteiger partial charge in [0, 0.05) is 24.0 Å². The van der Waals surface area contributed by atoms with E-state index >= 15 is 0 Å². The average molecular weight is 389 g/mol. The van der Waals surface area contributed by atoms with Crippen LogP contribution in [0.25, 0.3) is 10.9 Å². The zero-order valence-corrected chi connectivity index (χ0v) is 18.1. The molecule has 0 fully saturated rings. The van der Waals surface area contributed by atoms with Gasteiger partial charge in [-0.25, -0.2) is 4.98 Å². The zero-order chi connectivity index (χ0) is 20.7. The van der Waals surface area contributed by atoms with Gasteiger partial charge in [-0.2, -0.15) is 5.26 Å². The second kappa shape index (κ2) is 7.27. The number of benzene rings is 1. The summed E-state index contributed by atoms with van der Waals surface area (Å²) in [7, 11) is 1.64. The van der Waals surface area contributed by atoms with Gasteiger partial charge in [-0.1, -0.05) is 6.07 Å². The molecule has 2 atom stereocenters. The van der Waals surface area contributed by atoms with E-state index in [0.29, 0.717) is 16.7 Å². The third-order valence-corrected chi connectivity index (χ3v) is 6.18. The Morgan fingerprint density at radius 2 is 1.89 bits per heavy atom. The van der Waals surface area contributed by atoms with Crippen molar-refractivity contribution in [1.82, 2.24) is 14.3 Å². The fourth-order valence-corrected chi connectivity index (χ4v) is 3.69. The molecular formula is C20H28N4O2S. The number of rotatable bonds is 4. The lowest BCUT2D eigenvalue weighted by atomic mass is 9.93. The Kier molecular flexibility index (Phi) is 5.77. The summed E-state index contributed by atoms with van der Waals surface area (Å²) in [5.74, 6) is 0.414. The van der Waals surface area contributed by atoms with Crippen LogP contribution in [0.15, 0.2) is 16.9 Å². The minimum absolute atomic E-state index is 0.188. The minimum Gasteiger partial charge on any atom is -0.598 e. The summed E-state index contributed by atoms with van der Waals surface area (Å²) in [6.07, 6.45) is 0. The molecule has 2 aromatic rings. The Morgan fingerprint density at radius 1 is 1.30 bits per heavy atom. The van der Waals surface area contributed by atoms with E-state index in [9.17, 15) is 14.6 Å². The first-order chi connectivity index (χ1) is 12.3. The van der Waals surface area contributed by atoms with Crippen molar-refractivity contribution in [2.24, 2.45) is 7.05 Å². The highest BCUT2D eigenvalue weighted by Crippen LogP contribution is 2.28.